The molecule has 0 aliphatic rings. The van der Waals surface area contributed by atoms with Crippen molar-refractivity contribution in [3.63, 3.8) is 0 Å². The van der Waals surface area contributed by atoms with E-state index in [0.717, 1.165) is 6.07 Å². The molecule has 0 saturated heterocycles. The van der Waals surface area contributed by atoms with E-state index in [1.807, 2.05) is 0 Å². The molecule has 18 heavy (non-hydrogen) atoms. The number of carboxylic acid groups (broad SMARTS) is 1. The molecule has 0 fully saturated rings. The van der Waals surface area contributed by atoms with Crippen molar-refractivity contribution < 1.29 is 23.9 Å². The van der Waals surface area contributed by atoms with Crippen LogP contribution in [0.1, 0.15) is 17.3 Å². The highest BCUT2D eigenvalue weighted by Crippen LogP contribution is 2.19. The third-order valence-electron chi connectivity index (χ3n) is 1.96. The highest BCUT2D eigenvalue weighted by Gasteiger charge is 2.16. The Kier molecular flexibility index (Phi) is 4.36. The van der Waals surface area contributed by atoms with Crippen molar-refractivity contribution in [3.8, 4) is 0 Å². The zero-order valence-corrected chi connectivity index (χ0v) is 9.49. The van der Waals surface area contributed by atoms with Gasteiger partial charge < -0.3 is 15.7 Å². The first-order valence-electron chi connectivity index (χ1n) is 4.98. The molecule has 2 amide bonds. The third kappa shape index (κ3) is 3.55. The maximum Gasteiger partial charge on any atom is 0.322 e. The predicted octanol–water partition coefficient (Wildman–Crippen LogP) is 0.598. The molecule has 1 rings (SSSR count). The highest BCUT2D eigenvalue weighted by atomic mass is 18.2. The summed E-state index contributed by atoms with van der Waals surface area (Å²) in [5, 5.41) is 12.7. The second-order valence-electron chi connectivity index (χ2n) is 3.42. The van der Waals surface area contributed by atoms with E-state index < -0.39 is 30.1 Å². The van der Waals surface area contributed by atoms with Gasteiger partial charge in [0.15, 0.2) is 0 Å². The summed E-state index contributed by atoms with van der Waals surface area (Å²) in [6, 6.07) is 3.65. The van der Waals surface area contributed by atoms with Gasteiger partial charge in [0.05, 0.1) is 11.3 Å². The molecule has 0 bridgehead atoms. The van der Waals surface area contributed by atoms with Crippen LogP contribution in [0.5, 0.6) is 0 Å². The first kappa shape index (κ1) is 13.6. The van der Waals surface area contributed by atoms with Gasteiger partial charge in [-0.1, -0.05) is 6.07 Å². The van der Waals surface area contributed by atoms with E-state index in [-0.39, 0.29) is 11.3 Å². The number of aliphatic carboxylic acids is 1. The molecule has 0 radical (unpaired) electrons. The fourth-order valence-corrected chi connectivity index (χ4v) is 1.27. The number of hydrogen-bond donors (Lipinski definition) is 3. The molecular formula is C11H11FN2O4. The van der Waals surface area contributed by atoms with Crippen LogP contribution >= 0.6 is 0 Å². The molecule has 6 nitrogen and oxygen atoms in total. The number of rotatable bonds is 4. The van der Waals surface area contributed by atoms with Gasteiger partial charge in [0.1, 0.15) is 12.4 Å². The van der Waals surface area contributed by atoms with Crippen molar-refractivity contribution >= 4 is 23.5 Å². The van der Waals surface area contributed by atoms with Crippen molar-refractivity contribution in [1.82, 2.24) is 5.32 Å². The van der Waals surface area contributed by atoms with Gasteiger partial charge in [-0.05, 0) is 12.1 Å². The minimum Gasteiger partial charge on any atom is -0.480 e. The normalized spacial score (nSPS) is 9.67. The average molecular weight is 253 g/mol. The average Bonchev–Trinajstić information content (AvgIpc) is 2.28. The molecular weight excluding hydrogens is 242 g/mol. The minimum atomic E-state index is -1.22. The van der Waals surface area contributed by atoms with Crippen LogP contribution in [-0.2, 0) is 9.59 Å². The van der Waals surface area contributed by atoms with Crippen LogP contribution in [0.3, 0.4) is 0 Å². The summed E-state index contributed by atoms with van der Waals surface area (Å²) >= 11 is 0. The number of nitrogens with one attached hydrogen (secondary N) is 2. The Hall–Kier alpha value is -2.44. The standard InChI is InChI=1S/C11H11FN2O4/c1-6(15)14-10-7(3-2-4-8(10)12)11(18)13-5-9(16)17/h2-4H,5H2,1H3,(H,13,18)(H,14,15)(H,16,17)/i12-1. The second-order valence-corrected chi connectivity index (χ2v) is 3.42. The van der Waals surface area contributed by atoms with Crippen molar-refractivity contribution in [2.75, 3.05) is 11.9 Å². The van der Waals surface area contributed by atoms with Crippen LogP contribution < -0.4 is 10.6 Å². The van der Waals surface area contributed by atoms with Gasteiger partial charge in [0.2, 0.25) is 5.91 Å². The molecule has 0 aromatic heterocycles. The highest BCUT2D eigenvalue weighted by molar-refractivity contribution is 6.04. The molecule has 96 valence electrons. The van der Waals surface area contributed by atoms with Gasteiger partial charge >= 0.3 is 5.97 Å². The Balaban J connectivity index is 3.00. The Morgan fingerprint density at radius 2 is 2.00 bits per heavy atom. The monoisotopic (exact) mass is 253 g/mol. The fourth-order valence-electron chi connectivity index (χ4n) is 1.27. The molecule has 0 unspecified atom stereocenters. The topological polar surface area (TPSA) is 95.5 Å². The van der Waals surface area contributed by atoms with Crippen LogP contribution in [0, 0.1) is 5.82 Å². The molecule has 0 spiro atoms. The molecule has 0 saturated carbocycles. The third-order valence-corrected chi connectivity index (χ3v) is 1.96. The Morgan fingerprint density at radius 1 is 1.33 bits per heavy atom. The number of carbonyl (C=O) groups excluding carboxylic acids is 2. The van der Waals surface area contributed by atoms with Crippen molar-refractivity contribution in [2.45, 2.75) is 6.92 Å². The first-order chi connectivity index (χ1) is 8.41. The van der Waals surface area contributed by atoms with E-state index >= 15 is 0 Å². The van der Waals surface area contributed by atoms with Crippen LogP contribution in [0.4, 0.5) is 10.1 Å². The second kappa shape index (κ2) is 5.76. The quantitative estimate of drug-likeness (QED) is 0.732. The van der Waals surface area contributed by atoms with Crippen molar-refractivity contribution in [3.05, 3.63) is 29.6 Å². The lowest BCUT2D eigenvalue weighted by Crippen LogP contribution is -2.30. The molecule has 0 aliphatic heterocycles. The lowest BCUT2D eigenvalue weighted by Gasteiger charge is -2.10. The van der Waals surface area contributed by atoms with Crippen molar-refractivity contribution in [2.24, 2.45) is 0 Å². The summed E-state index contributed by atoms with van der Waals surface area (Å²) in [6.07, 6.45) is 0. The van der Waals surface area contributed by atoms with Gasteiger partial charge in [-0.3, -0.25) is 14.4 Å². The van der Waals surface area contributed by atoms with E-state index in [0.29, 0.717) is 0 Å². The first-order valence-corrected chi connectivity index (χ1v) is 4.98. The van der Waals surface area contributed by atoms with Crippen molar-refractivity contribution in [1.29, 1.82) is 0 Å². The van der Waals surface area contributed by atoms with Gasteiger partial charge in [-0.25, -0.2) is 4.39 Å². The fraction of sp³-hybridized carbons (Fsp3) is 0.182. The number of anilines is 1. The maximum absolute atomic E-state index is 13.5. The van der Waals surface area contributed by atoms with Gasteiger partial charge in [0.25, 0.3) is 5.91 Å². The smallest absolute Gasteiger partial charge is 0.322 e. The van der Waals surface area contributed by atoms with E-state index in [2.05, 4.69) is 10.6 Å². The maximum atomic E-state index is 13.5. The number of hydrogen-bond acceptors (Lipinski definition) is 3. The summed E-state index contributed by atoms with van der Waals surface area (Å²) < 4.78 is 13.5. The van der Waals surface area contributed by atoms with Crippen LogP contribution in [-0.4, -0.2) is 29.4 Å². The number of carbonyl (C=O) groups is 3. The number of para-hydroxylation sites is 1. The molecule has 0 heterocycles. The number of amides is 2. The van der Waals surface area contributed by atoms with E-state index in [1.54, 1.807) is 0 Å². The van der Waals surface area contributed by atoms with E-state index in [9.17, 15) is 18.8 Å². The Labute approximate surface area is 102 Å². The van der Waals surface area contributed by atoms with Gasteiger partial charge in [-0.2, -0.15) is 0 Å². The van der Waals surface area contributed by atoms with E-state index in [4.69, 9.17) is 5.11 Å². The molecule has 1 aromatic rings. The molecule has 3 N–H and O–H groups in total. The molecule has 1 aromatic carbocycles. The minimum absolute atomic E-state index is 0.133. The molecule has 7 heteroatoms. The summed E-state index contributed by atoms with van der Waals surface area (Å²) in [5.41, 5.74) is -0.403. The largest absolute Gasteiger partial charge is 0.480 e. The van der Waals surface area contributed by atoms with E-state index in [1.165, 1.54) is 19.1 Å². The van der Waals surface area contributed by atoms with Crippen LogP contribution in [0.15, 0.2) is 18.2 Å². The zero-order valence-electron chi connectivity index (χ0n) is 9.49. The zero-order chi connectivity index (χ0) is 13.7. The number of halogens is 1. The lowest BCUT2D eigenvalue weighted by molar-refractivity contribution is -0.135. The van der Waals surface area contributed by atoms with Crippen LogP contribution in [0.25, 0.3) is 0 Å². The summed E-state index contributed by atoms with van der Waals surface area (Å²) in [4.78, 5) is 32.8. The molecule has 0 aliphatic carbocycles. The predicted molar refractivity (Wildman–Crippen MR) is 60.7 cm³/mol. The lowest BCUT2D eigenvalue weighted by atomic mass is 10.1. The Morgan fingerprint density at radius 3 is 2.56 bits per heavy atom. The molecule has 0 atom stereocenters. The van der Waals surface area contributed by atoms with Gasteiger partial charge in [0, 0.05) is 6.92 Å². The summed E-state index contributed by atoms with van der Waals surface area (Å²) in [5.74, 6) is -3.30. The SMILES string of the molecule is CC(=O)Nc1c([18F])cccc1C(=O)NCC(=O)O. The summed E-state index contributed by atoms with van der Waals surface area (Å²) in [7, 11) is 0. The van der Waals surface area contributed by atoms with Gasteiger partial charge in [-0.15, -0.1) is 0 Å². The Bertz CT molecular complexity index is 502. The number of benzene rings is 1. The summed E-state index contributed by atoms with van der Waals surface area (Å²) in [6.45, 7) is 0.584. The number of carboxylic acids is 1. The van der Waals surface area contributed by atoms with Crippen LogP contribution in [0.2, 0.25) is 0 Å².